The van der Waals surface area contributed by atoms with Crippen molar-refractivity contribution in [2.75, 3.05) is 18.0 Å². The number of aromatic nitrogens is 2. The lowest BCUT2D eigenvalue weighted by Crippen LogP contribution is -2.46. The summed E-state index contributed by atoms with van der Waals surface area (Å²) >= 11 is 0. The number of rotatable bonds is 1. The van der Waals surface area contributed by atoms with Crippen LogP contribution in [-0.4, -0.2) is 28.7 Å². The second-order valence-electron chi connectivity index (χ2n) is 5.92. The summed E-state index contributed by atoms with van der Waals surface area (Å²) in [6, 6.07) is 4.62. The van der Waals surface area contributed by atoms with E-state index >= 15 is 0 Å². The number of hydrogen-bond donors (Lipinski definition) is 1. The summed E-state index contributed by atoms with van der Waals surface area (Å²) in [5, 5.41) is 1.24. The molecule has 2 N–H and O–H groups in total. The molecule has 0 amide bonds. The third kappa shape index (κ3) is 2.10. The van der Waals surface area contributed by atoms with E-state index in [4.69, 9.17) is 5.73 Å². The Bertz CT molecular complexity index is 591. The van der Waals surface area contributed by atoms with Crippen LogP contribution in [0.25, 0.3) is 11.0 Å². The smallest absolute Gasteiger partial charge is 0.141 e. The molecule has 2 aromatic rings. The van der Waals surface area contributed by atoms with Gasteiger partial charge in [-0.1, -0.05) is 6.92 Å². The van der Waals surface area contributed by atoms with Crippen LogP contribution < -0.4 is 10.6 Å². The molecule has 2 unspecified atom stereocenters. The Morgan fingerprint density at radius 3 is 2.89 bits per heavy atom. The van der Waals surface area contributed by atoms with Crippen molar-refractivity contribution in [1.82, 2.24) is 9.55 Å². The van der Waals surface area contributed by atoms with Crippen LogP contribution >= 0.6 is 0 Å². The molecule has 4 nitrogen and oxygen atoms in total. The minimum absolute atomic E-state index is 0.275. The first kappa shape index (κ1) is 12.5. The maximum Gasteiger partial charge on any atom is 0.141 e. The molecule has 3 rings (SSSR count). The SMILES string of the molecule is Cc1cc2c(N3CC(C)CC(N)C3)ccnc2n1C. The Labute approximate surface area is 114 Å². The molecule has 0 aliphatic carbocycles. The minimum atomic E-state index is 0.275. The van der Waals surface area contributed by atoms with Crippen LogP contribution in [0.1, 0.15) is 19.0 Å². The Balaban J connectivity index is 2.07. The third-order valence-corrected chi connectivity index (χ3v) is 4.18. The summed E-state index contributed by atoms with van der Waals surface area (Å²) in [5.41, 5.74) is 9.74. The van der Waals surface area contributed by atoms with E-state index in [1.165, 1.54) is 16.8 Å². The molecule has 0 bridgehead atoms. The highest BCUT2D eigenvalue weighted by Crippen LogP contribution is 2.30. The zero-order valence-corrected chi connectivity index (χ0v) is 11.9. The number of pyridine rings is 1. The Morgan fingerprint density at radius 2 is 2.16 bits per heavy atom. The molecule has 0 spiro atoms. The van der Waals surface area contributed by atoms with Gasteiger partial charge in [0.2, 0.25) is 0 Å². The van der Waals surface area contributed by atoms with Crippen molar-refractivity contribution in [3.63, 3.8) is 0 Å². The van der Waals surface area contributed by atoms with Crippen LogP contribution in [-0.2, 0) is 7.05 Å². The van der Waals surface area contributed by atoms with Crippen molar-refractivity contribution in [3.8, 4) is 0 Å². The van der Waals surface area contributed by atoms with Gasteiger partial charge in [0.05, 0.1) is 0 Å². The van der Waals surface area contributed by atoms with E-state index in [-0.39, 0.29) is 6.04 Å². The van der Waals surface area contributed by atoms with E-state index in [2.05, 4.69) is 47.5 Å². The number of hydrogen-bond acceptors (Lipinski definition) is 3. The number of aryl methyl sites for hydroxylation is 2. The van der Waals surface area contributed by atoms with Crippen LogP contribution in [0.3, 0.4) is 0 Å². The summed E-state index contributed by atoms with van der Waals surface area (Å²) in [6.45, 7) is 6.43. The minimum Gasteiger partial charge on any atom is -0.369 e. The van der Waals surface area contributed by atoms with Gasteiger partial charge in [-0.25, -0.2) is 4.98 Å². The molecule has 1 aliphatic heterocycles. The topological polar surface area (TPSA) is 47.1 Å². The van der Waals surface area contributed by atoms with Crippen molar-refractivity contribution in [2.45, 2.75) is 26.3 Å². The molecule has 19 heavy (non-hydrogen) atoms. The van der Waals surface area contributed by atoms with Crippen LogP contribution in [0.4, 0.5) is 5.69 Å². The normalized spacial score (nSPS) is 24.1. The lowest BCUT2D eigenvalue weighted by Gasteiger charge is -2.36. The van der Waals surface area contributed by atoms with E-state index in [1.54, 1.807) is 0 Å². The molecule has 3 heterocycles. The van der Waals surface area contributed by atoms with Gasteiger partial charge in [-0.05, 0) is 31.4 Å². The highest BCUT2D eigenvalue weighted by molar-refractivity contribution is 5.91. The summed E-state index contributed by atoms with van der Waals surface area (Å²) in [6.07, 6.45) is 3.03. The Kier molecular flexibility index (Phi) is 2.97. The Hall–Kier alpha value is -1.55. The molecule has 4 heteroatoms. The largest absolute Gasteiger partial charge is 0.369 e. The summed E-state index contributed by atoms with van der Waals surface area (Å²) < 4.78 is 2.14. The quantitative estimate of drug-likeness (QED) is 0.851. The third-order valence-electron chi connectivity index (χ3n) is 4.18. The second kappa shape index (κ2) is 4.53. The molecule has 0 saturated carbocycles. The van der Waals surface area contributed by atoms with E-state index in [1.807, 2.05) is 6.20 Å². The van der Waals surface area contributed by atoms with Crippen LogP contribution in [0, 0.1) is 12.8 Å². The molecule has 102 valence electrons. The summed E-state index contributed by atoms with van der Waals surface area (Å²) in [4.78, 5) is 6.92. The maximum atomic E-state index is 6.17. The highest BCUT2D eigenvalue weighted by atomic mass is 15.2. The zero-order chi connectivity index (χ0) is 13.6. The van der Waals surface area contributed by atoms with Gasteiger partial charge >= 0.3 is 0 Å². The van der Waals surface area contributed by atoms with Gasteiger partial charge in [0, 0.05) is 49.1 Å². The average Bonchev–Trinajstić information content (AvgIpc) is 2.64. The molecule has 0 radical (unpaired) electrons. The maximum absolute atomic E-state index is 6.17. The van der Waals surface area contributed by atoms with E-state index in [0.717, 1.165) is 25.2 Å². The van der Waals surface area contributed by atoms with Gasteiger partial charge in [-0.2, -0.15) is 0 Å². The molecule has 1 saturated heterocycles. The molecular formula is C15H22N4. The predicted octanol–water partition coefficient (Wildman–Crippen LogP) is 2.06. The summed E-state index contributed by atoms with van der Waals surface area (Å²) in [5.74, 6) is 0.650. The fourth-order valence-electron chi connectivity index (χ4n) is 3.20. The fourth-order valence-corrected chi connectivity index (χ4v) is 3.20. The van der Waals surface area contributed by atoms with Gasteiger partial charge in [0.1, 0.15) is 5.65 Å². The Morgan fingerprint density at radius 1 is 1.37 bits per heavy atom. The lowest BCUT2D eigenvalue weighted by atomic mass is 9.96. The van der Waals surface area contributed by atoms with Gasteiger partial charge < -0.3 is 15.2 Å². The number of fused-ring (bicyclic) bond motifs is 1. The van der Waals surface area contributed by atoms with Gasteiger partial charge in [-0.3, -0.25) is 0 Å². The summed E-state index contributed by atoms with van der Waals surface area (Å²) in [7, 11) is 2.07. The molecule has 1 fully saturated rings. The molecule has 0 aromatic carbocycles. The lowest BCUT2D eigenvalue weighted by molar-refractivity contribution is 0.402. The number of nitrogens with zero attached hydrogens (tertiary/aromatic N) is 3. The molecular weight excluding hydrogens is 236 g/mol. The molecule has 1 aliphatic rings. The van der Waals surface area contributed by atoms with Gasteiger partial charge in [0.25, 0.3) is 0 Å². The van der Waals surface area contributed by atoms with Crippen molar-refractivity contribution >= 4 is 16.7 Å². The van der Waals surface area contributed by atoms with Crippen molar-refractivity contribution < 1.29 is 0 Å². The number of piperidine rings is 1. The average molecular weight is 258 g/mol. The highest BCUT2D eigenvalue weighted by Gasteiger charge is 2.24. The second-order valence-corrected chi connectivity index (χ2v) is 5.92. The number of nitrogens with two attached hydrogens (primary N) is 1. The first-order valence-electron chi connectivity index (χ1n) is 6.98. The molecule has 2 atom stereocenters. The van der Waals surface area contributed by atoms with Crippen molar-refractivity contribution in [2.24, 2.45) is 18.7 Å². The van der Waals surface area contributed by atoms with Gasteiger partial charge in [-0.15, -0.1) is 0 Å². The first-order valence-corrected chi connectivity index (χ1v) is 6.98. The fraction of sp³-hybridized carbons (Fsp3) is 0.533. The first-order chi connectivity index (χ1) is 9.06. The standard InChI is InChI=1S/C15H22N4/c1-10-6-12(16)9-19(8-10)14-4-5-17-15-13(14)7-11(2)18(15)3/h4-5,7,10,12H,6,8-9,16H2,1-3H3. The van der Waals surface area contributed by atoms with E-state index < -0.39 is 0 Å². The zero-order valence-electron chi connectivity index (χ0n) is 11.9. The van der Waals surface area contributed by atoms with Crippen molar-refractivity contribution in [1.29, 1.82) is 0 Å². The number of anilines is 1. The van der Waals surface area contributed by atoms with Gasteiger partial charge in [0.15, 0.2) is 0 Å². The van der Waals surface area contributed by atoms with Crippen LogP contribution in [0.5, 0.6) is 0 Å². The predicted molar refractivity (Wildman–Crippen MR) is 79.4 cm³/mol. The molecule has 2 aromatic heterocycles. The van der Waals surface area contributed by atoms with Crippen LogP contribution in [0.2, 0.25) is 0 Å². The van der Waals surface area contributed by atoms with E-state index in [9.17, 15) is 0 Å². The van der Waals surface area contributed by atoms with Crippen LogP contribution in [0.15, 0.2) is 18.3 Å². The van der Waals surface area contributed by atoms with Crippen molar-refractivity contribution in [3.05, 3.63) is 24.0 Å². The monoisotopic (exact) mass is 258 g/mol. The van der Waals surface area contributed by atoms with E-state index in [0.29, 0.717) is 5.92 Å².